The quantitative estimate of drug-likeness (QED) is 0.837. The minimum Gasteiger partial charge on any atom is -0.368 e. The van der Waals surface area contributed by atoms with Crippen LogP contribution in [0.5, 0.6) is 0 Å². The fraction of sp³-hybridized carbons (Fsp3) is 0.611. The van der Waals surface area contributed by atoms with E-state index in [1.54, 1.807) is 23.1 Å². The van der Waals surface area contributed by atoms with Crippen LogP contribution in [0.25, 0.3) is 0 Å². The second kappa shape index (κ2) is 7.23. The highest BCUT2D eigenvalue weighted by molar-refractivity contribution is 7.90. The van der Waals surface area contributed by atoms with Crippen molar-refractivity contribution in [3.05, 3.63) is 23.8 Å². The molecular formula is C18H25NO4S. The number of rotatable bonds is 4. The molecule has 0 atom stereocenters. The predicted molar refractivity (Wildman–Crippen MR) is 93.1 cm³/mol. The van der Waals surface area contributed by atoms with Gasteiger partial charge in [-0.2, -0.15) is 0 Å². The van der Waals surface area contributed by atoms with E-state index in [9.17, 15) is 13.2 Å². The summed E-state index contributed by atoms with van der Waals surface area (Å²) in [7, 11) is -3.23. The molecule has 0 unspecified atom stereocenters. The van der Waals surface area contributed by atoms with E-state index >= 15 is 0 Å². The summed E-state index contributed by atoms with van der Waals surface area (Å²) in [6.07, 6.45) is 8.76. The molecule has 1 heterocycles. The van der Waals surface area contributed by atoms with Crippen molar-refractivity contribution in [2.24, 2.45) is 0 Å². The van der Waals surface area contributed by atoms with Crippen molar-refractivity contribution in [2.75, 3.05) is 24.3 Å². The molecule has 0 spiro atoms. The van der Waals surface area contributed by atoms with E-state index in [-0.39, 0.29) is 18.6 Å². The van der Waals surface area contributed by atoms with Crippen LogP contribution in [0.15, 0.2) is 23.1 Å². The minimum atomic E-state index is -3.23. The van der Waals surface area contributed by atoms with Gasteiger partial charge in [-0.05, 0) is 49.4 Å². The molecule has 1 fully saturated rings. The summed E-state index contributed by atoms with van der Waals surface area (Å²) < 4.78 is 29.2. The first-order valence-electron chi connectivity index (χ1n) is 8.70. The number of nitrogens with zero attached hydrogens (tertiary/aromatic N) is 1. The summed E-state index contributed by atoms with van der Waals surface area (Å²) >= 11 is 0. The van der Waals surface area contributed by atoms with Crippen LogP contribution in [0.4, 0.5) is 5.69 Å². The topological polar surface area (TPSA) is 63.7 Å². The Morgan fingerprint density at radius 2 is 1.96 bits per heavy atom. The van der Waals surface area contributed by atoms with E-state index in [0.29, 0.717) is 11.4 Å². The third-order valence-electron chi connectivity index (χ3n) is 4.89. The van der Waals surface area contributed by atoms with Gasteiger partial charge in [0.1, 0.15) is 6.61 Å². The first-order chi connectivity index (χ1) is 11.4. The number of fused-ring (bicyclic) bond motifs is 1. The maximum Gasteiger partial charge on any atom is 0.252 e. The first-order valence-corrected chi connectivity index (χ1v) is 10.6. The highest BCUT2D eigenvalue weighted by Gasteiger charge is 2.25. The van der Waals surface area contributed by atoms with Gasteiger partial charge in [-0.1, -0.05) is 19.3 Å². The second-order valence-electron chi connectivity index (χ2n) is 6.78. The molecule has 1 aromatic carbocycles. The van der Waals surface area contributed by atoms with Crippen molar-refractivity contribution < 1.29 is 17.9 Å². The molecule has 0 N–H and O–H groups in total. The number of anilines is 1. The normalized spacial score (nSPS) is 19.1. The van der Waals surface area contributed by atoms with Crippen LogP contribution in [-0.2, 0) is 25.8 Å². The van der Waals surface area contributed by atoms with E-state index < -0.39 is 9.84 Å². The van der Waals surface area contributed by atoms with E-state index in [1.807, 2.05) is 0 Å². The maximum atomic E-state index is 12.6. The van der Waals surface area contributed by atoms with Crippen LogP contribution >= 0.6 is 0 Å². The van der Waals surface area contributed by atoms with Gasteiger partial charge < -0.3 is 9.64 Å². The van der Waals surface area contributed by atoms with Gasteiger partial charge in [0, 0.05) is 18.5 Å². The lowest BCUT2D eigenvalue weighted by atomic mass is 9.98. The SMILES string of the molecule is CS(=O)(=O)c1ccc2c(c1)CCCN2C(=O)COC1CCCCC1. The molecule has 132 valence electrons. The summed E-state index contributed by atoms with van der Waals surface area (Å²) in [5.74, 6) is -0.0337. The monoisotopic (exact) mass is 351 g/mol. The van der Waals surface area contributed by atoms with Crippen LogP contribution in [-0.4, -0.2) is 39.8 Å². The Balaban J connectivity index is 1.70. The number of carbonyl (C=O) groups excluding carboxylic acids is 1. The van der Waals surface area contributed by atoms with Crippen molar-refractivity contribution >= 4 is 21.4 Å². The number of carbonyl (C=O) groups is 1. The highest BCUT2D eigenvalue weighted by Crippen LogP contribution is 2.30. The lowest BCUT2D eigenvalue weighted by Crippen LogP contribution is -2.39. The summed E-state index contributed by atoms with van der Waals surface area (Å²) in [4.78, 5) is 14.6. The van der Waals surface area contributed by atoms with Gasteiger partial charge in [0.2, 0.25) is 0 Å². The van der Waals surface area contributed by atoms with Crippen LogP contribution < -0.4 is 4.90 Å². The molecule has 1 aliphatic heterocycles. The summed E-state index contributed by atoms with van der Waals surface area (Å²) in [6.45, 7) is 0.774. The summed E-state index contributed by atoms with van der Waals surface area (Å²) in [5, 5.41) is 0. The van der Waals surface area contributed by atoms with Gasteiger partial charge in [0.15, 0.2) is 9.84 Å². The number of ether oxygens (including phenoxy) is 1. The van der Waals surface area contributed by atoms with E-state index in [2.05, 4.69) is 0 Å². The van der Waals surface area contributed by atoms with E-state index in [4.69, 9.17) is 4.74 Å². The average molecular weight is 351 g/mol. The van der Waals surface area contributed by atoms with Crippen molar-refractivity contribution in [3.8, 4) is 0 Å². The Hall–Kier alpha value is -1.40. The molecule has 2 aliphatic rings. The van der Waals surface area contributed by atoms with Crippen LogP contribution in [0.3, 0.4) is 0 Å². The third kappa shape index (κ3) is 3.98. The first kappa shape index (κ1) is 17.4. The molecule has 0 aromatic heterocycles. The number of benzene rings is 1. The van der Waals surface area contributed by atoms with Crippen molar-refractivity contribution in [1.82, 2.24) is 0 Å². The standard InChI is InChI=1S/C18H25NO4S/c1-24(21,22)16-9-10-17-14(12-16)6-5-11-19(17)18(20)13-23-15-7-3-2-4-8-15/h9-10,12,15H,2-8,11,13H2,1H3. The van der Waals surface area contributed by atoms with Gasteiger partial charge >= 0.3 is 0 Å². The lowest BCUT2D eigenvalue weighted by molar-refractivity contribution is -0.125. The van der Waals surface area contributed by atoms with Gasteiger partial charge in [0.05, 0.1) is 11.0 Å². The molecule has 6 heteroatoms. The Labute approximate surface area is 143 Å². The third-order valence-corrected chi connectivity index (χ3v) is 6.00. The summed E-state index contributed by atoms with van der Waals surface area (Å²) in [6, 6.07) is 5.04. The molecule has 1 amide bonds. The van der Waals surface area contributed by atoms with Crippen molar-refractivity contribution in [3.63, 3.8) is 0 Å². The molecule has 0 bridgehead atoms. The Kier molecular flexibility index (Phi) is 5.25. The number of hydrogen-bond donors (Lipinski definition) is 0. The zero-order valence-electron chi connectivity index (χ0n) is 14.2. The molecule has 3 rings (SSSR count). The van der Waals surface area contributed by atoms with Crippen LogP contribution in [0.1, 0.15) is 44.1 Å². The van der Waals surface area contributed by atoms with E-state index in [1.165, 1.54) is 25.5 Å². The number of hydrogen-bond acceptors (Lipinski definition) is 4. The average Bonchev–Trinajstić information content (AvgIpc) is 2.58. The fourth-order valence-corrected chi connectivity index (χ4v) is 4.23. The Morgan fingerprint density at radius 3 is 2.67 bits per heavy atom. The zero-order chi connectivity index (χ0) is 17.2. The van der Waals surface area contributed by atoms with Gasteiger partial charge in [-0.25, -0.2) is 8.42 Å². The molecule has 0 saturated heterocycles. The molecule has 1 aliphatic carbocycles. The molecule has 0 radical (unpaired) electrons. The van der Waals surface area contributed by atoms with Crippen molar-refractivity contribution in [2.45, 2.75) is 55.9 Å². The number of amides is 1. The van der Waals surface area contributed by atoms with Gasteiger partial charge in [-0.15, -0.1) is 0 Å². The minimum absolute atomic E-state index is 0.0337. The lowest BCUT2D eigenvalue weighted by Gasteiger charge is -2.30. The van der Waals surface area contributed by atoms with Crippen molar-refractivity contribution in [1.29, 1.82) is 0 Å². The molecule has 1 saturated carbocycles. The van der Waals surface area contributed by atoms with Crippen LogP contribution in [0.2, 0.25) is 0 Å². The molecule has 24 heavy (non-hydrogen) atoms. The Morgan fingerprint density at radius 1 is 1.21 bits per heavy atom. The molecule has 1 aromatic rings. The second-order valence-corrected chi connectivity index (χ2v) is 8.80. The maximum absolute atomic E-state index is 12.6. The largest absolute Gasteiger partial charge is 0.368 e. The summed E-state index contributed by atoms with van der Waals surface area (Å²) in [5.41, 5.74) is 1.75. The number of sulfone groups is 1. The van der Waals surface area contributed by atoms with E-state index in [0.717, 1.165) is 36.9 Å². The highest BCUT2D eigenvalue weighted by atomic mass is 32.2. The molecule has 5 nitrogen and oxygen atoms in total. The van der Waals surface area contributed by atoms with Gasteiger partial charge in [-0.3, -0.25) is 4.79 Å². The van der Waals surface area contributed by atoms with Gasteiger partial charge in [0.25, 0.3) is 5.91 Å². The smallest absolute Gasteiger partial charge is 0.252 e. The fourth-order valence-electron chi connectivity index (χ4n) is 3.56. The predicted octanol–water partition coefficient (Wildman–Crippen LogP) is 2.72. The zero-order valence-corrected chi connectivity index (χ0v) is 15.0. The van der Waals surface area contributed by atoms with Crippen LogP contribution in [0, 0.1) is 0 Å². The molecular weight excluding hydrogens is 326 g/mol. The number of aryl methyl sites for hydroxylation is 1. The Bertz CT molecular complexity index is 708.